The van der Waals surface area contributed by atoms with Gasteiger partial charge in [0.2, 0.25) is 0 Å². The molecular formula is C28H28N4O2. The maximum atomic E-state index is 11.3. The van der Waals surface area contributed by atoms with Crippen LogP contribution in [-0.4, -0.2) is 32.5 Å². The molecule has 1 amide bonds. The van der Waals surface area contributed by atoms with Crippen LogP contribution in [0.2, 0.25) is 0 Å². The fraction of sp³-hybridized carbons (Fsp3) is 0.214. The van der Waals surface area contributed by atoms with Crippen molar-refractivity contribution < 1.29 is 10.0 Å². The Labute approximate surface area is 198 Å². The summed E-state index contributed by atoms with van der Waals surface area (Å²) in [6.07, 6.45) is 12.0. The Morgan fingerprint density at radius 3 is 2.88 bits per heavy atom. The van der Waals surface area contributed by atoms with Gasteiger partial charge in [0.1, 0.15) is 0 Å². The average molecular weight is 453 g/mol. The van der Waals surface area contributed by atoms with E-state index in [0.717, 1.165) is 37.9 Å². The number of para-hydroxylation sites is 1. The van der Waals surface area contributed by atoms with Crippen LogP contribution in [-0.2, 0) is 24.2 Å². The lowest BCUT2D eigenvalue weighted by Crippen LogP contribution is -2.29. The Bertz CT molecular complexity index is 1310. The van der Waals surface area contributed by atoms with Crippen molar-refractivity contribution in [3.05, 3.63) is 107 Å². The van der Waals surface area contributed by atoms with Gasteiger partial charge in [0, 0.05) is 54.7 Å². The molecule has 0 aliphatic heterocycles. The van der Waals surface area contributed by atoms with E-state index >= 15 is 0 Å². The van der Waals surface area contributed by atoms with Crippen LogP contribution in [0.15, 0.2) is 79.3 Å². The molecule has 2 aromatic heterocycles. The van der Waals surface area contributed by atoms with E-state index in [9.17, 15) is 4.79 Å². The van der Waals surface area contributed by atoms with Crippen LogP contribution in [0, 0.1) is 0 Å². The van der Waals surface area contributed by atoms with Crippen LogP contribution >= 0.6 is 0 Å². The fourth-order valence-electron chi connectivity index (χ4n) is 4.98. The third-order valence-electron chi connectivity index (χ3n) is 6.67. The van der Waals surface area contributed by atoms with E-state index in [1.165, 1.54) is 39.2 Å². The predicted octanol–water partition coefficient (Wildman–Crippen LogP) is 4.81. The number of aryl methyl sites for hydroxylation is 1. The zero-order chi connectivity index (χ0) is 23.3. The smallest absolute Gasteiger partial charge is 0.267 e. The molecule has 0 radical (unpaired) electrons. The molecule has 6 heteroatoms. The summed E-state index contributed by atoms with van der Waals surface area (Å²) in [5.41, 5.74) is 9.06. The van der Waals surface area contributed by atoms with Gasteiger partial charge in [-0.3, -0.25) is 19.9 Å². The molecule has 0 saturated carbocycles. The molecule has 1 aliphatic carbocycles. The van der Waals surface area contributed by atoms with Crippen molar-refractivity contribution >= 4 is 22.9 Å². The van der Waals surface area contributed by atoms with Crippen LogP contribution in [0.25, 0.3) is 17.0 Å². The first-order valence-electron chi connectivity index (χ1n) is 11.6. The summed E-state index contributed by atoms with van der Waals surface area (Å²) >= 11 is 0. The Morgan fingerprint density at radius 2 is 2.03 bits per heavy atom. The van der Waals surface area contributed by atoms with Gasteiger partial charge >= 0.3 is 0 Å². The van der Waals surface area contributed by atoms with E-state index in [1.807, 2.05) is 18.5 Å². The number of rotatable bonds is 8. The van der Waals surface area contributed by atoms with Crippen molar-refractivity contribution in [2.45, 2.75) is 31.8 Å². The number of nitrogens with zero attached hydrogens (tertiary/aromatic N) is 2. The molecule has 34 heavy (non-hydrogen) atoms. The number of pyridine rings is 1. The highest BCUT2D eigenvalue weighted by Gasteiger charge is 2.28. The van der Waals surface area contributed by atoms with Crippen LogP contribution in [0.5, 0.6) is 0 Å². The summed E-state index contributed by atoms with van der Waals surface area (Å²) in [5.74, 6) is -0.529. The van der Waals surface area contributed by atoms with Gasteiger partial charge in [0.15, 0.2) is 0 Å². The van der Waals surface area contributed by atoms with Gasteiger partial charge in [-0.2, -0.15) is 0 Å². The number of hydrogen-bond donors (Lipinski definition) is 3. The number of amides is 1. The molecule has 0 saturated heterocycles. The van der Waals surface area contributed by atoms with Crippen LogP contribution in [0.4, 0.5) is 0 Å². The molecule has 2 heterocycles. The highest BCUT2D eigenvalue weighted by atomic mass is 16.5. The number of carbonyl (C=O) groups excluding carboxylic acids is 1. The van der Waals surface area contributed by atoms with E-state index in [-0.39, 0.29) is 0 Å². The summed E-state index contributed by atoms with van der Waals surface area (Å²) in [6, 6.07) is 19.4. The molecule has 1 atom stereocenters. The Kier molecular flexibility index (Phi) is 6.51. The Balaban J connectivity index is 1.38. The van der Waals surface area contributed by atoms with Gasteiger partial charge in [-0.1, -0.05) is 36.4 Å². The highest BCUT2D eigenvalue weighted by molar-refractivity contribution is 5.90. The minimum atomic E-state index is -0.529. The van der Waals surface area contributed by atoms with E-state index in [4.69, 9.17) is 5.21 Å². The number of hydrogen-bond acceptors (Lipinski definition) is 4. The summed E-state index contributed by atoms with van der Waals surface area (Å²) < 4.78 is 0. The second kappa shape index (κ2) is 10.0. The maximum absolute atomic E-state index is 11.3. The number of benzene rings is 2. The molecule has 6 nitrogen and oxygen atoms in total. The van der Waals surface area contributed by atoms with Crippen molar-refractivity contribution in [3.63, 3.8) is 0 Å². The third kappa shape index (κ3) is 4.78. The number of aromatic amines is 1. The average Bonchev–Trinajstić information content (AvgIpc) is 3.49. The molecule has 3 N–H and O–H groups in total. The fourth-order valence-corrected chi connectivity index (χ4v) is 4.98. The number of H-pyrrole nitrogens is 1. The third-order valence-corrected chi connectivity index (χ3v) is 6.67. The van der Waals surface area contributed by atoms with E-state index in [1.54, 1.807) is 11.6 Å². The molecule has 1 aliphatic rings. The molecule has 4 aromatic rings. The standard InChI is InChI=1S/C28H28N4O2/c33-28(31-34)10-6-20-5-8-25-22(17-20)7-9-27(25)32(19-21-11-14-29-15-12-21)16-13-23-18-30-26-4-2-1-3-24(23)26/h1-6,8,10-12,14-15,17-18,27,30,34H,7,9,13,16,19H2,(H,31,33). The topological polar surface area (TPSA) is 81.2 Å². The minimum absolute atomic E-state index is 0.340. The second-order valence-electron chi connectivity index (χ2n) is 8.76. The normalized spacial score (nSPS) is 15.3. The number of aromatic nitrogens is 2. The predicted molar refractivity (Wildman–Crippen MR) is 133 cm³/mol. The lowest BCUT2D eigenvalue weighted by Gasteiger charge is -2.30. The lowest BCUT2D eigenvalue weighted by molar-refractivity contribution is -0.124. The highest BCUT2D eigenvalue weighted by Crippen LogP contribution is 2.37. The van der Waals surface area contributed by atoms with Crippen molar-refractivity contribution in [1.82, 2.24) is 20.3 Å². The van der Waals surface area contributed by atoms with Gasteiger partial charge in [-0.25, -0.2) is 5.48 Å². The van der Waals surface area contributed by atoms with E-state index in [0.29, 0.717) is 6.04 Å². The lowest BCUT2D eigenvalue weighted by atomic mass is 10.0. The summed E-state index contributed by atoms with van der Waals surface area (Å²) in [4.78, 5) is 21.5. The van der Waals surface area contributed by atoms with Crippen molar-refractivity contribution in [1.29, 1.82) is 0 Å². The minimum Gasteiger partial charge on any atom is -0.361 e. The molecule has 5 rings (SSSR count). The van der Waals surface area contributed by atoms with Crippen molar-refractivity contribution in [2.75, 3.05) is 6.54 Å². The molecule has 172 valence electrons. The number of fused-ring (bicyclic) bond motifs is 2. The number of hydroxylamine groups is 1. The van der Waals surface area contributed by atoms with E-state index < -0.39 is 5.91 Å². The largest absolute Gasteiger partial charge is 0.361 e. The van der Waals surface area contributed by atoms with Crippen molar-refractivity contribution in [3.8, 4) is 0 Å². The molecule has 0 spiro atoms. The summed E-state index contributed by atoms with van der Waals surface area (Å²) in [7, 11) is 0. The number of nitrogens with one attached hydrogen (secondary N) is 2. The van der Waals surface area contributed by atoms with Crippen molar-refractivity contribution in [2.24, 2.45) is 0 Å². The van der Waals surface area contributed by atoms with E-state index in [2.05, 4.69) is 69.6 Å². The Hall–Kier alpha value is -3.74. The van der Waals surface area contributed by atoms with Gasteiger partial charge in [-0.05, 0) is 71.4 Å². The molecule has 2 aromatic carbocycles. The first-order chi connectivity index (χ1) is 16.7. The SMILES string of the molecule is O=C(C=Cc1ccc2c(c1)CCC2N(CCc1c[nH]c2ccccc12)Cc1ccncc1)NO. The summed E-state index contributed by atoms with van der Waals surface area (Å²) in [5, 5.41) is 9.99. The van der Waals surface area contributed by atoms with Crippen LogP contribution in [0.1, 0.15) is 40.3 Å². The number of carbonyl (C=O) groups is 1. The molecule has 0 bridgehead atoms. The first kappa shape index (κ1) is 22.1. The quantitative estimate of drug-likeness (QED) is 0.204. The monoisotopic (exact) mass is 452 g/mol. The van der Waals surface area contributed by atoms with Gasteiger partial charge < -0.3 is 4.98 Å². The zero-order valence-electron chi connectivity index (χ0n) is 18.9. The second-order valence-corrected chi connectivity index (χ2v) is 8.76. The molecule has 1 unspecified atom stereocenters. The van der Waals surface area contributed by atoms with Crippen LogP contribution < -0.4 is 5.48 Å². The molecular weight excluding hydrogens is 424 g/mol. The first-order valence-corrected chi connectivity index (χ1v) is 11.6. The maximum Gasteiger partial charge on any atom is 0.267 e. The van der Waals surface area contributed by atoms with Gasteiger partial charge in [-0.15, -0.1) is 0 Å². The summed E-state index contributed by atoms with van der Waals surface area (Å²) in [6.45, 7) is 1.82. The molecule has 0 fully saturated rings. The zero-order valence-corrected chi connectivity index (χ0v) is 18.9. The van der Waals surface area contributed by atoms with Gasteiger partial charge in [0.25, 0.3) is 5.91 Å². The Morgan fingerprint density at radius 1 is 1.18 bits per heavy atom. The van der Waals surface area contributed by atoms with Crippen LogP contribution in [0.3, 0.4) is 0 Å². The van der Waals surface area contributed by atoms with Gasteiger partial charge in [0.05, 0.1) is 0 Å².